The van der Waals surface area contributed by atoms with Crippen LogP contribution in [0.2, 0.25) is 5.02 Å². The number of halogens is 1. The standard InChI is InChI=1S/C14H22ClN3/c1-11-4-3-6-18(7-5-11)14-13(15)8-12(9-16-2)10-17-14/h8,10-11,16H,3-7,9H2,1-2H3. The molecule has 1 atom stereocenters. The van der Waals surface area contributed by atoms with Gasteiger partial charge in [0.1, 0.15) is 5.82 Å². The first-order valence-corrected chi connectivity index (χ1v) is 7.12. The lowest BCUT2D eigenvalue weighted by molar-refractivity contribution is 0.521. The number of nitrogens with one attached hydrogen (secondary N) is 1. The second-order valence-corrected chi connectivity index (χ2v) is 5.61. The number of nitrogens with zero attached hydrogens (tertiary/aromatic N) is 2. The fourth-order valence-electron chi connectivity index (χ4n) is 2.48. The van der Waals surface area contributed by atoms with E-state index in [1.54, 1.807) is 0 Å². The molecule has 18 heavy (non-hydrogen) atoms. The summed E-state index contributed by atoms with van der Waals surface area (Å²) in [6.45, 7) is 5.28. The first kappa shape index (κ1) is 13.6. The Morgan fingerprint density at radius 2 is 2.28 bits per heavy atom. The normalized spacial score (nSPS) is 20.8. The summed E-state index contributed by atoms with van der Waals surface area (Å²) >= 11 is 6.36. The van der Waals surface area contributed by atoms with Gasteiger partial charge in [-0.2, -0.15) is 0 Å². The fourth-order valence-corrected chi connectivity index (χ4v) is 2.79. The van der Waals surface area contributed by atoms with Gasteiger partial charge in [0, 0.05) is 25.8 Å². The molecule has 1 saturated heterocycles. The lowest BCUT2D eigenvalue weighted by atomic mass is 10.0. The van der Waals surface area contributed by atoms with Crippen LogP contribution in [0.3, 0.4) is 0 Å². The van der Waals surface area contributed by atoms with Crippen molar-refractivity contribution in [2.45, 2.75) is 32.7 Å². The van der Waals surface area contributed by atoms with Gasteiger partial charge in [-0.1, -0.05) is 18.5 Å². The highest BCUT2D eigenvalue weighted by molar-refractivity contribution is 6.33. The smallest absolute Gasteiger partial charge is 0.147 e. The van der Waals surface area contributed by atoms with Gasteiger partial charge < -0.3 is 10.2 Å². The molecule has 4 heteroatoms. The van der Waals surface area contributed by atoms with Crippen LogP contribution >= 0.6 is 11.6 Å². The molecule has 1 aliphatic heterocycles. The molecular weight excluding hydrogens is 246 g/mol. The van der Waals surface area contributed by atoms with E-state index in [0.29, 0.717) is 0 Å². The largest absolute Gasteiger partial charge is 0.355 e. The Bertz CT molecular complexity index is 395. The molecule has 2 rings (SSSR count). The van der Waals surface area contributed by atoms with Gasteiger partial charge in [0.05, 0.1) is 5.02 Å². The van der Waals surface area contributed by atoms with E-state index >= 15 is 0 Å². The van der Waals surface area contributed by atoms with Crippen molar-refractivity contribution in [2.75, 3.05) is 25.0 Å². The molecule has 1 fully saturated rings. The maximum atomic E-state index is 6.36. The fraction of sp³-hybridized carbons (Fsp3) is 0.643. The molecule has 2 heterocycles. The Kier molecular flexibility index (Phi) is 4.84. The van der Waals surface area contributed by atoms with Gasteiger partial charge in [-0.15, -0.1) is 0 Å². The highest BCUT2D eigenvalue weighted by Gasteiger charge is 2.17. The summed E-state index contributed by atoms with van der Waals surface area (Å²) in [6.07, 6.45) is 5.70. The van der Waals surface area contributed by atoms with Gasteiger partial charge in [0.2, 0.25) is 0 Å². The van der Waals surface area contributed by atoms with Gasteiger partial charge >= 0.3 is 0 Å². The van der Waals surface area contributed by atoms with Crippen molar-refractivity contribution in [3.05, 3.63) is 22.8 Å². The van der Waals surface area contributed by atoms with Crippen LogP contribution in [0.4, 0.5) is 5.82 Å². The molecule has 100 valence electrons. The number of aromatic nitrogens is 1. The van der Waals surface area contributed by atoms with Gasteiger partial charge in [0.15, 0.2) is 0 Å². The van der Waals surface area contributed by atoms with Crippen LogP contribution in [0.15, 0.2) is 12.3 Å². The first-order chi connectivity index (χ1) is 8.70. The van der Waals surface area contributed by atoms with E-state index < -0.39 is 0 Å². The van der Waals surface area contributed by atoms with Crippen LogP contribution in [-0.4, -0.2) is 25.1 Å². The number of rotatable bonds is 3. The molecule has 1 aromatic rings. The second-order valence-electron chi connectivity index (χ2n) is 5.20. The minimum atomic E-state index is 0.775. The van der Waals surface area contributed by atoms with Crippen LogP contribution in [0.5, 0.6) is 0 Å². The van der Waals surface area contributed by atoms with Crippen LogP contribution in [0.25, 0.3) is 0 Å². The number of hydrogen-bond donors (Lipinski definition) is 1. The zero-order chi connectivity index (χ0) is 13.0. The molecule has 0 aliphatic carbocycles. The van der Waals surface area contributed by atoms with Gasteiger partial charge in [-0.25, -0.2) is 4.98 Å². The predicted octanol–water partition coefficient (Wildman–Crippen LogP) is 3.08. The summed E-state index contributed by atoms with van der Waals surface area (Å²) in [5, 5.41) is 3.89. The molecule has 0 bridgehead atoms. The quantitative estimate of drug-likeness (QED) is 0.912. The lowest BCUT2D eigenvalue weighted by Gasteiger charge is -2.22. The summed E-state index contributed by atoms with van der Waals surface area (Å²) in [5.41, 5.74) is 1.13. The Hall–Kier alpha value is -0.800. The highest BCUT2D eigenvalue weighted by Crippen LogP contribution is 2.27. The van der Waals surface area contributed by atoms with Gasteiger partial charge in [0.25, 0.3) is 0 Å². The average molecular weight is 268 g/mol. The van der Waals surface area contributed by atoms with E-state index in [9.17, 15) is 0 Å². The molecule has 0 spiro atoms. The average Bonchev–Trinajstić information content (AvgIpc) is 2.55. The SMILES string of the molecule is CNCc1cnc(N2CCCC(C)CC2)c(Cl)c1. The third-order valence-electron chi connectivity index (χ3n) is 3.58. The van der Waals surface area contributed by atoms with E-state index in [1.807, 2.05) is 19.3 Å². The maximum absolute atomic E-state index is 6.36. The number of anilines is 1. The minimum Gasteiger partial charge on any atom is -0.355 e. The Labute approximate surface area is 115 Å². The minimum absolute atomic E-state index is 0.775. The number of pyridine rings is 1. The van der Waals surface area contributed by atoms with Crippen LogP contribution < -0.4 is 10.2 Å². The molecule has 0 amide bonds. The Morgan fingerprint density at radius 3 is 3.00 bits per heavy atom. The van der Waals surface area contributed by atoms with Gasteiger partial charge in [-0.3, -0.25) is 0 Å². The zero-order valence-electron chi connectivity index (χ0n) is 11.2. The molecule has 1 N–H and O–H groups in total. The van der Waals surface area contributed by atoms with E-state index in [-0.39, 0.29) is 0 Å². The van der Waals surface area contributed by atoms with Crippen molar-refractivity contribution in [3.63, 3.8) is 0 Å². The molecule has 1 aliphatic rings. The van der Waals surface area contributed by atoms with E-state index in [0.717, 1.165) is 42.0 Å². The summed E-state index contributed by atoms with van der Waals surface area (Å²) in [7, 11) is 1.93. The third-order valence-corrected chi connectivity index (χ3v) is 3.85. The van der Waals surface area contributed by atoms with Crippen LogP contribution in [-0.2, 0) is 6.54 Å². The van der Waals surface area contributed by atoms with Crippen molar-refractivity contribution in [1.29, 1.82) is 0 Å². The lowest BCUT2D eigenvalue weighted by Crippen LogP contribution is -2.25. The molecule has 3 nitrogen and oxygen atoms in total. The Balaban J connectivity index is 2.12. The molecule has 1 unspecified atom stereocenters. The second kappa shape index (κ2) is 6.39. The van der Waals surface area contributed by atoms with Crippen LogP contribution in [0, 0.1) is 5.92 Å². The van der Waals surface area contributed by atoms with Crippen molar-refractivity contribution >= 4 is 17.4 Å². The van der Waals surface area contributed by atoms with Crippen molar-refractivity contribution in [3.8, 4) is 0 Å². The molecule has 0 saturated carbocycles. The van der Waals surface area contributed by atoms with Gasteiger partial charge in [-0.05, 0) is 43.9 Å². The van der Waals surface area contributed by atoms with E-state index in [1.165, 1.54) is 19.3 Å². The first-order valence-electron chi connectivity index (χ1n) is 6.74. The van der Waals surface area contributed by atoms with E-state index in [4.69, 9.17) is 11.6 Å². The predicted molar refractivity (Wildman–Crippen MR) is 77.2 cm³/mol. The maximum Gasteiger partial charge on any atom is 0.147 e. The monoisotopic (exact) mass is 267 g/mol. The topological polar surface area (TPSA) is 28.2 Å². The summed E-state index contributed by atoms with van der Waals surface area (Å²) in [5.74, 6) is 1.77. The molecule has 0 aromatic carbocycles. The van der Waals surface area contributed by atoms with Crippen molar-refractivity contribution in [2.24, 2.45) is 5.92 Å². The summed E-state index contributed by atoms with van der Waals surface area (Å²) in [4.78, 5) is 6.87. The Morgan fingerprint density at radius 1 is 1.44 bits per heavy atom. The molecule has 1 aromatic heterocycles. The number of hydrogen-bond acceptors (Lipinski definition) is 3. The van der Waals surface area contributed by atoms with E-state index in [2.05, 4.69) is 22.1 Å². The third kappa shape index (κ3) is 3.36. The van der Waals surface area contributed by atoms with Crippen molar-refractivity contribution in [1.82, 2.24) is 10.3 Å². The summed E-state index contributed by atoms with van der Waals surface area (Å²) < 4.78 is 0. The van der Waals surface area contributed by atoms with Crippen molar-refractivity contribution < 1.29 is 0 Å². The molecule has 0 radical (unpaired) electrons. The molecular formula is C14H22ClN3. The zero-order valence-corrected chi connectivity index (χ0v) is 12.0. The summed E-state index contributed by atoms with van der Waals surface area (Å²) in [6, 6.07) is 2.02. The highest BCUT2D eigenvalue weighted by atomic mass is 35.5. The van der Waals surface area contributed by atoms with Crippen LogP contribution in [0.1, 0.15) is 31.7 Å².